The number of rotatable bonds is 5. The molecule has 3 rings (SSSR count). The van der Waals surface area contributed by atoms with E-state index in [9.17, 15) is 9.59 Å². The van der Waals surface area contributed by atoms with Crippen LogP contribution in [0.2, 0.25) is 0 Å². The summed E-state index contributed by atoms with van der Waals surface area (Å²) >= 11 is 0. The van der Waals surface area contributed by atoms with Crippen LogP contribution in [-0.2, 0) is 22.7 Å². The second kappa shape index (κ2) is 7.46. The van der Waals surface area contributed by atoms with Crippen molar-refractivity contribution in [2.45, 2.75) is 39.4 Å². The highest BCUT2D eigenvalue weighted by Crippen LogP contribution is 2.22. The lowest BCUT2D eigenvalue weighted by Crippen LogP contribution is -2.47. The number of amides is 2. The fraction of sp³-hybridized carbons (Fsp3) is 0.444. The van der Waals surface area contributed by atoms with Crippen molar-refractivity contribution in [2.75, 3.05) is 6.54 Å². The molecular weight excluding hydrogens is 318 g/mol. The summed E-state index contributed by atoms with van der Waals surface area (Å²) in [6.07, 6.45) is 3.85. The predicted octanol–water partition coefficient (Wildman–Crippen LogP) is 1.52. The van der Waals surface area contributed by atoms with E-state index in [1.807, 2.05) is 38.1 Å². The van der Waals surface area contributed by atoms with E-state index in [0.717, 1.165) is 11.4 Å². The van der Waals surface area contributed by atoms with Gasteiger partial charge < -0.3 is 10.2 Å². The van der Waals surface area contributed by atoms with E-state index in [1.54, 1.807) is 22.0 Å². The summed E-state index contributed by atoms with van der Waals surface area (Å²) in [7, 11) is 0. The van der Waals surface area contributed by atoms with Gasteiger partial charge in [-0.25, -0.2) is 0 Å². The first kappa shape index (κ1) is 17.1. The van der Waals surface area contributed by atoms with Gasteiger partial charge in [0, 0.05) is 18.8 Å². The Balaban J connectivity index is 1.71. The van der Waals surface area contributed by atoms with Gasteiger partial charge in [0.1, 0.15) is 6.04 Å². The highest BCUT2D eigenvalue weighted by atomic mass is 16.2. The molecule has 0 unspecified atom stereocenters. The van der Waals surface area contributed by atoms with Crippen LogP contribution < -0.4 is 5.32 Å². The minimum absolute atomic E-state index is 0.0741. The fourth-order valence-electron chi connectivity index (χ4n) is 2.95. The third-order valence-corrected chi connectivity index (χ3v) is 4.20. The topological polar surface area (TPSA) is 80.1 Å². The zero-order chi connectivity index (χ0) is 17.8. The van der Waals surface area contributed by atoms with Gasteiger partial charge in [-0.1, -0.05) is 19.9 Å². The number of pyridine rings is 1. The van der Waals surface area contributed by atoms with Crippen LogP contribution in [0.3, 0.4) is 0 Å². The molecule has 2 amide bonds. The Bertz CT molecular complexity index is 741. The van der Waals surface area contributed by atoms with E-state index in [0.29, 0.717) is 26.1 Å². The van der Waals surface area contributed by atoms with Crippen LogP contribution in [0.4, 0.5) is 0 Å². The van der Waals surface area contributed by atoms with Crippen molar-refractivity contribution in [1.29, 1.82) is 0 Å². The third-order valence-electron chi connectivity index (χ3n) is 4.20. The van der Waals surface area contributed by atoms with Gasteiger partial charge >= 0.3 is 0 Å². The summed E-state index contributed by atoms with van der Waals surface area (Å²) in [6, 6.07) is 6.92. The maximum absolute atomic E-state index is 12.7. The van der Waals surface area contributed by atoms with Crippen LogP contribution in [0.1, 0.15) is 37.7 Å². The Kier molecular flexibility index (Phi) is 5.11. The smallest absolute Gasteiger partial charge is 0.247 e. The molecule has 0 bridgehead atoms. The van der Waals surface area contributed by atoms with Crippen molar-refractivity contribution < 1.29 is 9.59 Å². The second-order valence-electron chi connectivity index (χ2n) is 6.69. The lowest BCUT2D eigenvalue weighted by molar-refractivity contribution is -0.136. The molecule has 1 N–H and O–H groups in total. The largest absolute Gasteiger partial charge is 0.349 e. The lowest BCUT2D eigenvalue weighted by Gasteiger charge is -2.33. The Morgan fingerprint density at radius 3 is 2.84 bits per heavy atom. The molecule has 132 valence electrons. The van der Waals surface area contributed by atoms with Gasteiger partial charge in [0.15, 0.2) is 0 Å². The van der Waals surface area contributed by atoms with Crippen molar-refractivity contribution in [3.8, 4) is 0 Å². The van der Waals surface area contributed by atoms with Crippen LogP contribution >= 0.6 is 0 Å². The van der Waals surface area contributed by atoms with E-state index in [1.165, 1.54) is 0 Å². The SMILES string of the molecule is CC(C)CC(=O)N1Cc2ccnn2[C@H](C(=O)NCc2ccccn2)C1. The first-order valence-electron chi connectivity index (χ1n) is 8.52. The maximum atomic E-state index is 12.7. The van der Waals surface area contributed by atoms with Crippen LogP contribution in [-0.4, -0.2) is 38.0 Å². The molecule has 25 heavy (non-hydrogen) atoms. The number of carbonyl (C=O) groups is 2. The van der Waals surface area contributed by atoms with Crippen LogP contribution in [0, 0.1) is 5.92 Å². The van der Waals surface area contributed by atoms with Crippen LogP contribution in [0.25, 0.3) is 0 Å². The van der Waals surface area contributed by atoms with E-state index in [-0.39, 0.29) is 17.7 Å². The molecule has 7 nitrogen and oxygen atoms in total. The molecule has 2 aromatic rings. The number of hydrogen-bond acceptors (Lipinski definition) is 4. The Labute approximate surface area is 147 Å². The summed E-state index contributed by atoms with van der Waals surface area (Å²) < 4.78 is 1.72. The monoisotopic (exact) mass is 341 g/mol. The molecular formula is C18H23N5O2. The molecule has 1 aliphatic heterocycles. The first-order chi connectivity index (χ1) is 12.0. The molecule has 1 atom stereocenters. The molecule has 7 heteroatoms. The molecule has 2 aromatic heterocycles. The van der Waals surface area contributed by atoms with Gasteiger partial charge in [-0.05, 0) is 24.1 Å². The van der Waals surface area contributed by atoms with Gasteiger partial charge in [-0.3, -0.25) is 19.3 Å². The van der Waals surface area contributed by atoms with E-state index >= 15 is 0 Å². The molecule has 0 fully saturated rings. The van der Waals surface area contributed by atoms with Crippen molar-refractivity contribution in [1.82, 2.24) is 25.0 Å². The Hall–Kier alpha value is -2.70. The third kappa shape index (κ3) is 4.04. The fourth-order valence-corrected chi connectivity index (χ4v) is 2.95. The average molecular weight is 341 g/mol. The lowest BCUT2D eigenvalue weighted by atomic mass is 10.1. The number of hydrogen-bond donors (Lipinski definition) is 1. The van der Waals surface area contributed by atoms with Gasteiger partial charge in [0.2, 0.25) is 11.8 Å². The summed E-state index contributed by atoms with van der Waals surface area (Å²) in [4.78, 5) is 31.1. The zero-order valence-corrected chi connectivity index (χ0v) is 14.6. The molecule has 0 saturated carbocycles. The van der Waals surface area contributed by atoms with E-state index in [4.69, 9.17) is 0 Å². The highest BCUT2D eigenvalue weighted by Gasteiger charge is 2.32. The van der Waals surface area contributed by atoms with E-state index in [2.05, 4.69) is 15.4 Å². The summed E-state index contributed by atoms with van der Waals surface area (Å²) in [6.45, 7) is 5.23. The number of nitrogens with zero attached hydrogens (tertiary/aromatic N) is 4. The minimum Gasteiger partial charge on any atom is -0.349 e. The van der Waals surface area contributed by atoms with E-state index < -0.39 is 6.04 Å². The highest BCUT2D eigenvalue weighted by molar-refractivity contribution is 5.82. The summed E-state index contributed by atoms with van der Waals surface area (Å²) in [5, 5.41) is 7.17. The molecule has 0 saturated heterocycles. The van der Waals surface area contributed by atoms with Gasteiger partial charge in [0.25, 0.3) is 0 Å². The second-order valence-corrected chi connectivity index (χ2v) is 6.69. The van der Waals surface area contributed by atoms with Crippen molar-refractivity contribution >= 4 is 11.8 Å². The van der Waals surface area contributed by atoms with Gasteiger partial charge in [-0.2, -0.15) is 5.10 Å². The molecule has 0 aliphatic carbocycles. The van der Waals surface area contributed by atoms with Crippen LogP contribution in [0.15, 0.2) is 36.7 Å². The number of nitrogens with one attached hydrogen (secondary N) is 1. The normalized spacial score (nSPS) is 16.6. The zero-order valence-electron chi connectivity index (χ0n) is 14.6. The predicted molar refractivity (Wildman–Crippen MR) is 92.2 cm³/mol. The molecule has 0 spiro atoms. The number of carbonyl (C=O) groups excluding carboxylic acids is 2. The quantitative estimate of drug-likeness (QED) is 0.894. The van der Waals surface area contributed by atoms with Gasteiger partial charge in [-0.15, -0.1) is 0 Å². The Morgan fingerprint density at radius 1 is 1.28 bits per heavy atom. The molecule has 0 radical (unpaired) electrons. The first-order valence-corrected chi connectivity index (χ1v) is 8.52. The summed E-state index contributed by atoms with van der Waals surface area (Å²) in [5.41, 5.74) is 1.67. The molecule has 3 heterocycles. The number of fused-ring (bicyclic) bond motifs is 1. The minimum atomic E-state index is -0.515. The molecule has 0 aromatic carbocycles. The number of aromatic nitrogens is 3. The summed E-state index contributed by atoms with van der Waals surface area (Å²) in [5.74, 6) is 0.207. The van der Waals surface area contributed by atoms with Crippen molar-refractivity contribution in [3.63, 3.8) is 0 Å². The molecule has 1 aliphatic rings. The average Bonchev–Trinajstić information content (AvgIpc) is 3.07. The van der Waals surface area contributed by atoms with Gasteiger partial charge in [0.05, 0.1) is 31.0 Å². The van der Waals surface area contributed by atoms with Crippen molar-refractivity contribution in [2.24, 2.45) is 5.92 Å². The maximum Gasteiger partial charge on any atom is 0.247 e. The Morgan fingerprint density at radius 2 is 2.12 bits per heavy atom. The van der Waals surface area contributed by atoms with Crippen LogP contribution in [0.5, 0.6) is 0 Å². The van der Waals surface area contributed by atoms with Crippen molar-refractivity contribution in [3.05, 3.63) is 48.0 Å². The standard InChI is InChI=1S/C18H23N5O2/c1-13(2)9-17(24)22-11-15-6-8-21-23(15)16(12-22)18(25)20-10-14-5-3-4-7-19-14/h3-8,13,16H,9-12H2,1-2H3,(H,20,25)/t16-/m0/s1.